The van der Waals surface area contributed by atoms with Crippen LogP contribution in [0.4, 0.5) is 5.00 Å². The van der Waals surface area contributed by atoms with Crippen LogP contribution in [0, 0.1) is 0 Å². The molecule has 0 bridgehead atoms. The van der Waals surface area contributed by atoms with Gasteiger partial charge in [-0.2, -0.15) is 0 Å². The Morgan fingerprint density at radius 3 is 2.62 bits per heavy atom. The number of rotatable bonds is 9. The van der Waals surface area contributed by atoms with Gasteiger partial charge in [-0.3, -0.25) is 9.59 Å². The van der Waals surface area contributed by atoms with Crippen molar-refractivity contribution in [3.63, 3.8) is 0 Å². The number of benzene rings is 2. The molecule has 0 aliphatic heterocycles. The van der Waals surface area contributed by atoms with Crippen LogP contribution >= 0.6 is 23.1 Å². The monoisotopic (exact) mass is 429 g/mol. The van der Waals surface area contributed by atoms with Gasteiger partial charge in [0.15, 0.2) is 10.9 Å². The third kappa shape index (κ3) is 5.97. The van der Waals surface area contributed by atoms with Crippen molar-refractivity contribution in [3.05, 3.63) is 54.6 Å². The lowest BCUT2D eigenvalue weighted by atomic mass is 10.2. The fourth-order valence-corrected chi connectivity index (χ4v) is 4.19. The van der Waals surface area contributed by atoms with Crippen molar-refractivity contribution >= 4 is 39.9 Å². The van der Waals surface area contributed by atoms with Crippen LogP contribution in [0.25, 0.3) is 11.3 Å². The molecule has 29 heavy (non-hydrogen) atoms. The molecule has 0 radical (unpaired) electrons. The van der Waals surface area contributed by atoms with Gasteiger partial charge in [0.1, 0.15) is 22.2 Å². The normalized spacial score (nSPS) is 10.4. The molecule has 0 unspecified atom stereocenters. The third-order valence-electron chi connectivity index (χ3n) is 3.66. The number of nitrogens with one attached hydrogen (secondary N) is 1. The van der Waals surface area contributed by atoms with Crippen molar-refractivity contribution in [1.82, 2.24) is 4.98 Å². The molecule has 0 spiro atoms. The maximum atomic E-state index is 12.4. The van der Waals surface area contributed by atoms with E-state index in [1.807, 2.05) is 30.3 Å². The van der Waals surface area contributed by atoms with Crippen LogP contribution in [0.5, 0.6) is 11.5 Å². The zero-order valence-corrected chi connectivity index (χ0v) is 17.2. The summed E-state index contributed by atoms with van der Waals surface area (Å²) in [6, 6.07) is 16.5. The Morgan fingerprint density at radius 2 is 1.90 bits per heavy atom. The minimum Gasteiger partial charge on any atom is -0.497 e. The molecule has 0 atom stereocenters. The van der Waals surface area contributed by atoms with Crippen molar-refractivity contribution in [2.45, 2.75) is 4.34 Å². The fraction of sp³-hybridized carbons (Fsp3) is 0.150. The van der Waals surface area contributed by atoms with Gasteiger partial charge in [0.05, 0.1) is 12.9 Å². The number of thioether (sulfide) groups is 1. The number of anilines is 1. The number of aromatic nitrogens is 1. The number of nitrogens with two attached hydrogens (primary N) is 1. The Kier molecular flexibility index (Phi) is 7.09. The molecule has 2 aromatic carbocycles. The van der Waals surface area contributed by atoms with Gasteiger partial charge in [0, 0.05) is 11.6 Å². The smallest absolute Gasteiger partial charge is 0.262 e. The zero-order chi connectivity index (χ0) is 20.6. The second-order valence-corrected chi connectivity index (χ2v) is 8.02. The number of carbonyl (C=O) groups excluding carboxylic acids is 2. The number of methoxy groups -OCH3 is 1. The van der Waals surface area contributed by atoms with Crippen molar-refractivity contribution in [1.29, 1.82) is 0 Å². The molecule has 0 aliphatic rings. The maximum Gasteiger partial charge on any atom is 0.262 e. The highest BCUT2D eigenvalue weighted by Crippen LogP contribution is 2.37. The molecule has 9 heteroatoms. The van der Waals surface area contributed by atoms with Gasteiger partial charge in [-0.25, -0.2) is 4.98 Å². The van der Waals surface area contributed by atoms with Gasteiger partial charge in [0.25, 0.3) is 5.91 Å². The number of amides is 2. The van der Waals surface area contributed by atoms with E-state index < -0.39 is 5.91 Å². The molecule has 0 aliphatic carbocycles. The summed E-state index contributed by atoms with van der Waals surface area (Å²) in [5, 5.41) is 3.43. The van der Waals surface area contributed by atoms with Gasteiger partial charge in [0.2, 0.25) is 5.91 Å². The van der Waals surface area contributed by atoms with Crippen LogP contribution in [-0.4, -0.2) is 36.3 Å². The predicted octanol–water partition coefficient (Wildman–Crippen LogP) is 3.41. The first-order chi connectivity index (χ1) is 14.0. The molecule has 7 nitrogen and oxygen atoms in total. The minimum atomic E-state index is -0.427. The lowest BCUT2D eigenvalue weighted by Crippen LogP contribution is -2.20. The number of carbonyl (C=O) groups is 2. The summed E-state index contributed by atoms with van der Waals surface area (Å²) in [5.41, 5.74) is 6.71. The number of primary amides is 1. The molecule has 0 saturated heterocycles. The Labute approximate surface area is 176 Å². The summed E-state index contributed by atoms with van der Waals surface area (Å²) in [6.45, 7) is -0.164. The average molecular weight is 430 g/mol. The summed E-state index contributed by atoms with van der Waals surface area (Å²) in [4.78, 5) is 28.0. The highest BCUT2D eigenvalue weighted by atomic mass is 32.2. The molecule has 2 amide bonds. The van der Waals surface area contributed by atoms with E-state index in [1.165, 1.54) is 23.1 Å². The molecular formula is C20H19N3O4S2. The van der Waals surface area contributed by atoms with Gasteiger partial charge < -0.3 is 20.5 Å². The van der Waals surface area contributed by atoms with Crippen molar-refractivity contribution in [3.8, 4) is 22.8 Å². The number of thiazole rings is 1. The Hall–Kier alpha value is -3.04. The Morgan fingerprint density at radius 1 is 1.14 bits per heavy atom. The molecule has 0 fully saturated rings. The number of nitrogens with zero attached hydrogens (tertiary/aromatic N) is 1. The van der Waals surface area contributed by atoms with Crippen molar-refractivity contribution < 1.29 is 19.1 Å². The maximum absolute atomic E-state index is 12.4. The SMILES string of the molecule is COc1cccc(OCC(=O)Nc2sc(SCC(N)=O)nc2-c2ccccc2)c1. The average Bonchev–Trinajstić information content (AvgIpc) is 3.14. The lowest BCUT2D eigenvalue weighted by molar-refractivity contribution is -0.118. The first kappa shape index (κ1) is 20.7. The molecular weight excluding hydrogens is 410 g/mol. The van der Waals surface area contributed by atoms with E-state index in [-0.39, 0.29) is 18.3 Å². The largest absolute Gasteiger partial charge is 0.497 e. The van der Waals surface area contributed by atoms with Crippen LogP contribution in [-0.2, 0) is 9.59 Å². The van der Waals surface area contributed by atoms with Crippen LogP contribution in [0.2, 0.25) is 0 Å². The van der Waals surface area contributed by atoms with E-state index in [9.17, 15) is 9.59 Å². The quantitative estimate of drug-likeness (QED) is 0.505. The molecule has 3 aromatic rings. The molecule has 3 N–H and O–H groups in total. The van der Waals surface area contributed by atoms with E-state index in [0.717, 1.165) is 5.56 Å². The van der Waals surface area contributed by atoms with Crippen LogP contribution < -0.4 is 20.5 Å². The highest BCUT2D eigenvalue weighted by molar-refractivity contribution is 8.01. The Bertz CT molecular complexity index is 992. The lowest BCUT2D eigenvalue weighted by Gasteiger charge is -2.08. The summed E-state index contributed by atoms with van der Waals surface area (Å²) < 4.78 is 11.3. The van der Waals surface area contributed by atoms with E-state index in [0.29, 0.717) is 26.5 Å². The topological polar surface area (TPSA) is 104 Å². The number of ether oxygens (including phenoxy) is 2. The molecule has 3 rings (SSSR count). The molecule has 1 aromatic heterocycles. The summed E-state index contributed by atoms with van der Waals surface area (Å²) in [5.74, 6) is 0.551. The van der Waals surface area contributed by atoms with Crippen molar-refractivity contribution in [2.24, 2.45) is 5.73 Å². The summed E-state index contributed by atoms with van der Waals surface area (Å²) in [7, 11) is 1.56. The number of hydrogen-bond acceptors (Lipinski definition) is 7. The third-order valence-corrected chi connectivity index (χ3v) is 5.79. The van der Waals surface area contributed by atoms with E-state index >= 15 is 0 Å². The van der Waals surface area contributed by atoms with Crippen LogP contribution in [0.15, 0.2) is 58.9 Å². The van der Waals surface area contributed by atoms with Gasteiger partial charge in [-0.05, 0) is 12.1 Å². The Balaban J connectivity index is 1.72. The minimum absolute atomic E-state index is 0.119. The second-order valence-electron chi connectivity index (χ2n) is 5.79. The van der Waals surface area contributed by atoms with Gasteiger partial charge in [-0.1, -0.05) is 59.5 Å². The molecule has 1 heterocycles. The second kappa shape index (κ2) is 9.94. The van der Waals surface area contributed by atoms with Gasteiger partial charge in [-0.15, -0.1) is 0 Å². The molecule has 0 saturated carbocycles. The fourth-order valence-electron chi connectivity index (χ4n) is 2.37. The van der Waals surface area contributed by atoms with Crippen LogP contribution in [0.1, 0.15) is 0 Å². The summed E-state index contributed by atoms with van der Waals surface area (Å²) in [6.07, 6.45) is 0. The summed E-state index contributed by atoms with van der Waals surface area (Å²) >= 11 is 2.52. The predicted molar refractivity (Wildman–Crippen MR) is 115 cm³/mol. The van der Waals surface area contributed by atoms with Crippen molar-refractivity contribution in [2.75, 3.05) is 24.8 Å². The van der Waals surface area contributed by atoms with E-state index in [4.69, 9.17) is 15.2 Å². The first-order valence-electron chi connectivity index (χ1n) is 8.59. The highest BCUT2D eigenvalue weighted by Gasteiger charge is 2.16. The van der Waals surface area contributed by atoms with E-state index in [1.54, 1.807) is 31.4 Å². The van der Waals surface area contributed by atoms with Crippen LogP contribution in [0.3, 0.4) is 0 Å². The van der Waals surface area contributed by atoms with E-state index in [2.05, 4.69) is 10.3 Å². The van der Waals surface area contributed by atoms with Gasteiger partial charge >= 0.3 is 0 Å². The molecule has 150 valence electrons. The zero-order valence-electron chi connectivity index (χ0n) is 15.6. The number of hydrogen-bond donors (Lipinski definition) is 2. The standard InChI is InChI=1S/C20H19N3O4S2/c1-26-14-8-5-9-15(10-14)27-11-17(25)22-19-18(13-6-3-2-4-7-13)23-20(29-19)28-12-16(21)24/h2-10H,11-12H2,1H3,(H2,21,24)(H,22,25). The first-order valence-corrected chi connectivity index (χ1v) is 10.4.